The number of amides is 3. The average molecular weight is 598 g/mol. The summed E-state index contributed by atoms with van der Waals surface area (Å²) < 4.78 is 21.4. The molecule has 2 aromatic carbocycles. The van der Waals surface area contributed by atoms with Crippen molar-refractivity contribution in [2.75, 3.05) is 17.3 Å². The van der Waals surface area contributed by atoms with Gasteiger partial charge in [-0.2, -0.15) is 0 Å². The molecule has 3 N–H and O–H groups in total. The fraction of sp³-hybridized carbons (Fsp3) is 0.156. The van der Waals surface area contributed by atoms with Crippen molar-refractivity contribution in [1.29, 1.82) is 5.41 Å². The summed E-state index contributed by atoms with van der Waals surface area (Å²) in [5, 5.41) is 13.3. The number of carbonyl (C=O) groups excluding carboxylic acids is 3. The van der Waals surface area contributed by atoms with Crippen LogP contribution in [-0.4, -0.2) is 52.0 Å². The minimum absolute atomic E-state index is 0.0549. The summed E-state index contributed by atoms with van der Waals surface area (Å²) in [6, 6.07) is 11.2. The number of rotatable bonds is 11. The second kappa shape index (κ2) is 13.9. The zero-order chi connectivity index (χ0) is 31.8. The molecule has 0 saturated heterocycles. The van der Waals surface area contributed by atoms with Crippen LogP contribution in [0.3, 0.4) is 0 Å². The Morgan fingerprint density at radius 2 is 1.84 bits per heavy atom. The first-order chi connectivity index (χ1) is 21.1. The van der Waals surface area contributed by atoms with E-state index >= 15 is 0 Å². The lowest BCUT2D eigenvalue weighted by atomic mass is 10.1. The molecular formula is C32H32FN7O4. The second-order valence-electron chi connectivity index (χ2n) is 10.1. The Kier molecular flexibility index (Phi) is 9.86. The fourth-order valence-corrected chi connectivity index (χ4v) is 3.95. The van der Waals surface area contributed by atoms with E-state index in [4.69, 9.17) is 10.1 Å². The number of hydrogen-bond acceptors (Lipinski definition) is 8. The summed E-state index contributed by atoms with van der Waals surface area (Å²) in [5.74, 6) is -1.25. The molecule has 226 valence electrons. The van der Waals surface area contributed by atoms with Crippen molar-refractivity contribution in [2.45, 2.75) is 19.9 Å². The van der Waals surface area contributed by atoms with Crippen LogP contribution >= 0.6 is 0 Å². The lowest BCUT2D eigenvalue weighted by Crippen LogP contribution is -2.36. The number of aryl methyl sites for hydroxylation is 1. The van der Waals surface area contributed by atoms with Gasteiger partial charge in [-0.15, -0.1) is 0 Å². The molecule has 3 aromatic rings. The Hall–Kier alpha value is -5.78. The number of carbonyl (C=O) groups is 3. The van der Waals surface area contributed by atoms with Crippen molar-refractivity contribution in [3.05, 3.63) is 114 Å². The number of imide groups is 1. The molecule has 1 aromatic heterocycles. The van der Waals surface area contributed by atoms with Crippen molar-refractivity contribution < 1.29 is 23.5 Å². The minimum atomic E-state index is -0.879. The number of imidazole rings is 1. The number of allylic oxidation sites excluding steroid dienone is 3. The average Bonchev–Trinajstić information content (AvgIpc) is 3.45. The summed E-state index contributed by atoms with van der Waals surface area (Å²) in [6.07, 6.45) is 11.5. The van der Waals surface area contributed by atoms with Crippen LogP contribution in [0.25, 0.3) is 5.57 Å². The van der Waals surface area contributed by atoms with Crippen molar-refractivity contribution >= 4 is 41.4 Å². The van der Waals surface area contributed by atoms with E-state index < -0.39 is 17.6 Å². The van der Waals surface area contributed by atoms with Gasteiger partial charge in [0.05, 0.1) is 23.4 Å². The van der Waals surface area contributed by atoms with Crippen LogP contribution in [0.15, 0.2) is 103 Å². The topological polar surface area (TPSA) is 133 Å². The highest BCUT2D eigenvalue weighted by atomic mass is 19.1. The monoisotopic (exact) mass is 597 g/mol. The highest BCUT2D eigenvalue weighted by Crippen LogP contribution is 2.27. The van der Waals surface area contributed by atoms with Gasteiger partial charge in [0.25, 0.3) is 11.8 Å². The zero-order valence-corrected chi connectivity index (χ0v) is 24.6. The zero-order valence-electron chi connectivity index (χ0n) is 24.6. The summed E-state index contributed by atoms with van der Waals surface area (Å²) in [7, 11) is 3.57. The van der Waals surface area contributed by atoms with E-state index in [-0.39, 0.29) is 23.7 Å². The van der Waals surface area contributed by atoms with Gasteiger partial charge in [0.15, 0.2) is 5.76 Å². The number of aromatic nitrogens is 2. The van der Waals surface area contributed by atoms with Crippen molar-refractivity contribution in [1.82, 2.24) is 19.8 Å². The van der Waals surface area contributed by atoms with E-state index in [0.29, 0.717) is 22.9 Å². The molecule has 11 nitrogen and oxygen atoms in total. The molecule has 4 rings (SSSR count). The van der Waals surface area contributed by atoms with E-state index in [1.54, 1.807) is 60.9 Å². The van der Waals surface area contributed by atoms with Gasteiger partial charge in [-0.25, -0.2) is 14.3 Å². The summed E-state index contributed by atoms with van der Waals surface area (Å²) >= 11 is 0. The molecule has 2 heterocycles. The Bertz CT molecular complexity index is 1670. The molecular weight excluding hydrogens is 565 g/mol. The van der Waals surface area contributed by atoms with E-state index in [2.05, 4.69) is 15.6 Å². The molecule has 0 aliphatic carbocycles. The third kappa shape index (κ3) is 7.53. The standard InChI is InChI=1S/C32H32FN7O4/c1-21(2)39(4)17-27(32(43)40(20-41)25-9-5-23(33)6-10-25)31(42)37-24-7-11-26(12-8-24)44-30-15-22(16-35-28(30)13-14-34)29-18-38(3)19-36-29/h5-21,34-35H,1-4H3,(H,37,42)/b27-17-,28-13-,34-14?. The Morgan fingerprint density at radius 1 is 1.14 bits per heavy atom. The highest BCUT2D eigenvalue weighted by molar-refractivity contribution is 6.30. The number of ether oxygens (including phenoxy) is 1. The largest absolute Gasteiger partial charge is 0.455 e. The lowest BCUT2D eigenvalue weighted by Gasteiger charge is -2.22. The molecule has 0 atom stereocenters. The van der Waals surface area contributed by atoms with Crippen LogP contribution in [0.4, 0.5) is 15.8 Å². The smallest absolute Gasteiger partial charge is 0.271 e. The first kappa shape index (κ1) is 31.2. The number of dihydropyridines is 1. The van der Waals surface area contributed by atoms with Gasteiger partial charge >= 0.3 is 0 Å². The second-order valence-corrected chi connectivity index (χ2v) is 10.1. The number of nitrogens with zero attached hydrogens (tertiary/aromatic N) is 4. The predicted octanol–water partition coefficient (Wildman–Crippen LogP) is 4.35. The number of anilines is 2. The molecule has 1 aliphatic heterocycles. The Balaban J connectivity index is 1.54. The van der Waals surface area contributed by atoms with E-state index in [1.165, 1.54) is 18.3 Å². The van der Waals surface area contributed by atoms with Gasteiger partial charge in [0.2, 0.25) is 6.41 Å². The van der Waals surface area contributed by atoms with E-state index in [0.717, 1.165) is 34.5 Å². The van der Waals surface area contributed by atoms with Crippen molar-refractivity contribution in [2.24, 2.45) is 7.05 Å². The SMILES string of the molecule is CC(C)N(C)/C=C(/C(=O)Nc1ccc(OC2=CC(c3cn(C)cn3)=CN/C2=C\C=N)cc1)C(=O)N(C=O)c1ccc(F)cc1. The van der Waals surface area contributed by atoms with Crippen molar-refractivity contribution in [3.8, 4) is 5.75 Å². The van der Waals surface area contributed by atoms with Gasteiger partial charge in [0.1, 0.15) is 17.1 Å². The van der Waals surface area contributed by atoms with Crippen LogP contribution in [0.5, 0.6) is 5.75 Å². The first-order valence-electron chi connectivity index (χ1n) is 13.5. The summed E-state index contributed by atoms with van der Waals surface area (Å²) in [5.41, 5.74) is 2.27. The van der Waals surface area contributed by atoms with Gasteiger partial charge < -0.3 is 30.2 Å². The number of hydrogen-bond donors (Lipinski definition) is 3. The maximum Gasteiger partial charge on any atom is 0.271 e. The molecule has 0 bridgehead atoms. The number of benzene rings is 2. The van der Waals surface area contributed by atoms with Crippen LogP contribution < -0.4 is 20.3 Å². The fourth-order valence-electron chi connectivity index (χ4n) is 3.95. The van der Waals surface area contributed by atoms with Crippen molar-refractivity contribution in [3.63, 3.8) is 0 Å². The first-order valence-corrected chi connectivity index (χ1v) is 13.5. The van der Waals surface area contributed by atoms with Gasteiger partial charge in [-0.3, -0.25) is 14.4 Å². The Labute approximate surface area is 254 Å². The molecule has 3 amide bonds. The predicted molar refractivity (Wildman–Crippen MR) is 166 cm³/mol. The van der Waals surface area contributed by atoms with E-state index in [1.807, 2.05) is 31.7 Å². The quantitative estimate of drug-likeness (QED) is 0.0984. The minimum Gasteiger partial charge on any atom is -0.455 e. The summed E-state index contributed by atoms with van der Waals surface area (Å²) in [6.45, 7) is 3.75. The maximum atomic E-state index is 13.4. The number of nitrogens with one attached hydrogen (secondary N) is 3. The Morgan fingerprint density at radius 3 is 2.43 bits per heavy atom. The molecule has 0 radical (unpaired) electrons. The molecule has 0 fully saturated rings. The van der Waals surface area contributed by atoms with Crippen LogP contribution in [-0.2, 0) is 21.4 Å². The van der Waals surface area contributed by atoms with Gasteiger partial charge in [-0.1, -0.05) is 0 Å². The highest BCUT2D eigenvalue weighted by Gasteiger charge is 2.26. The number of halogens is 1. The molecule has 12 heteroatoms. The molecule has 0 saturated carbocycles. The van der Waals surface area contributed by atoms with Gasteiger partial charge in [0, 0.05) is 56.2 Å². The molecule has 0 spiro atoms. The normalized spacial score (nSPS) is 13.9. The van der Waals surface area contributed by atoms with Crippen LogP contribution in [0.2, 0.25) is 0 Å². The molecule has 0 unspecified atom stereocenters. The third-order valence-corrected chi connectivity index (χ3v) is 6.58. The van der Waals surface area contributed by atoms with E-state index in [9.17, 15) is 18.8 Å². The maximum absolute atomic E-state index is 13.4. The van der Waals surface area contributed by atoms with Gasteiger partial charge in [-0.05, 0) is 74.5 Å². The molecule has 1 aliphatic rings. The van der Waals surface area contributed by atoms with Crippen LogP contribution in [0, 0.1) is 11.2 Å². The van der Waals surface area contributed by atoms with Crippen LogP contribution in [0.1, 0.15) is 19.5 Å². The molecule has 44 heavy (non-hydrogen) atoms. The third-order valence-electron chi connectivity index (χ3n) is 6.58. The lowest BCUT2D eigenvalue weighted by molar-refractivity contribution is -0.121. The summed E-state index contributed by atoms with van der Waals surface area (Å²) in [4.78, 5) is 45.5.